The van der Waals surface area contributed by atoms with E-state index in [9.17, 15) is 0 Å². The van der Waals surface area contributed by atoms with E-state index in [-0.39, 0.29) is 21.2 Å². The van der Waals surface area contributed by atoms with Crippen LogP contribution in [0.5, 0.6) is 0 Å². The van der Waals surface area contributed by atoms with Gasteiger partial charge in [-0.1, -0.05) is 0 Å². The second-order valence-electron chi connectivity index (χ2n) is 9.93. The summed E-state index contributed by atoms with van der Waals surface area (Å²) < 4.78 is 8.18. The van der Waals surface area contributed by atoms with E-state index in [1.807, 2.05) is 28.7 Å². The summed E-state index contributed by atoms with van der Waals surface area (Å²) in [5, 5.41) is 5.38. The molecule has 8 rings (SSSR count). The zero-order valence-corrected chi connectivity index (χ0v) is 25.2. The maximum absolute atomic E-state index is 6.16. The Morgan fingerprint density at radius 3 is 1.98 bits per heavy atom. The van der Waals surface area contributed by atoms with Crippen LogP contribution in [0.4, 0.5) is 5.69 Å². The van der Waals surface area contributed by atoms with Gasteiger partial charge in [0.05, 0.1) is 0 Å². The number of benzene rings is 6. The third-order valence-electron chi connectivity index (χ3n) is 7.41. The van der Waals surface area contributed by atoms with E-state index in [0.717, 1.165) is 5.69 Å². The number of hydrogen-bond acceptors (Lipinski definition) is 3. The molecule has 8 aromatic rings. The van der Waals surface area contributed by atoms with Gasteiger partial charge in [0.2, 0.25) is 0 Å². The molecular formula is C36H23INS2-. The molecule has 0 aliphatic heterocycles. The third-order valence-corrected chi connectivity index (χ3v) is 12.2. The molecule has 1 nitrogen and oxygen atoms in total. The monoisotopic (exact) mass is 660 g/mol. The fourth-order valence-corrected chi connectivity index (χ4v) is 10.7. The number of thiophene rings is 2. The fourth-order valence-electron chi connectivity index (χ4n) is 5.63. The summed E-state index contributed by atoms with van der Waals surface area (Å²) in [6.45, 7) is 0. The Morgan fingerprint density at radius 2 is 1.18 bits per heavy atom. The number of hydrogen-bond donors (Lipinski definition) is 1. The molecule has 2 N–H and O–H groups in total. The van der Waals surface area contributed by atoms with E-state index < -0.39 is 0 Å². The van der Waals surface area contributed by atoms with E-state index in [2.05, 4.69) is 121 Å². The molecule has 192 valence electrons. The van der Waals surface area contributed by atoms with Crippen LogP contribution in [0.1, 0.15) is 0 Å². The van der Waals surface area contributed by atoms with E-state index in [4.69, 9.17) is 5.73 Å². The summed E-state index contributed by atoms with van der Waals surface area (Å²) in [5.74, 6) is 0. The van der Waals surface area contributed by atoms with Crippen LogP contribution in [-0.4, -0.2) is 0 Å². The van der Waals surface area contributed by atoms with Gasteiger partial charge in [-0.25, -0.2) is 0 Å². The van der Waals surface area contributed by atoms with Gasteiger partial charge in [0.15, 0.2) is 0 Å². The quantitative estimate of drug-likeness (QED) is 0.154. The van der Waals surface area contributed by atoms with Crippen molar-refractivity contribution >= 4 is 68.7 Å². The van der Waals surface area contributed by atoms with Gasteiger partial charge in [0.25, 0.3) is 0 Å². The van der Waals surface area contributed by atoms with E-state index in [1.54, 1.807) is 0 Å². The minimum atomic E-state index is -0.382. The Labute approximate surface area is 250 Å². The minimum absolute atomic E-state index is 0.382. The van der Waals surface area contributed by atoms with Crippen molar-refractivity contribution in [2.75, 3.05) is 5.73 Å². The van der Waals surface area contributed by atoms with Crippen LogP contribution in [0.2, 0.25) is 0 Å². The van der Waals surface area contributed by atoms with Crippen molar-refractivity contribution in [2.45, 2.75) is 0 Å². The maximum atomic E-state index is 6.16. The van der Waals surface area contributed by atoms with Crippen molar-refractivity contribution in [1.82, 2.24) is 0 Å². The van der Waals surface area contributed by atoms with Crippen LogP contribution in [0, 0.1) is 7.14 Å². The van der Waals surface area contributed by atoms with Gasteiger partial charge in [-0.05, 0) is 0 Å². The van der Waals surface area contributed by atoms with Crippen LogP contribution < -0.4 is 26.9 Å². The first kappa shape index (κ1) is 24.1. The molecule has 0 saturated heterocycles. The standard InChI is InChI=1S/C36H23INS2/c38-26-15-16-28-33(21-26)40-34-20-25(19-29(36(28)34)23-10-5-2-6-11-23)37-24-14-17-31-30(18-24)35-27(12-7-13-32(35)39-31)22-8-3-1-4-9-22/h1-21H,38H2/q-1. The van der Waals surface area contributed by atoms with E-state index in [1.165, 1.54) is 69.7 Å². The molecular weight excluding hydrogens is 637 g/mol. The molecule has 0 fully saturated rings. The average molecular weight is 661 g/mol. The zero-order valence-electron chi connectivity index (χ0n) is 21.4. The predicted molar refractivity (Wildman–Crippen MR) is 171 cm³/mol. The predicted octanol–water partition coefficient (Wildman–Crippen LogP) is 7.47. The van der Waals surface area contributed by atoms with Gasteiger partial charge < -0.3 is 0 Å². The molecule has 2 heterocycles. The molecule has 0 spiro atoms. The van der Waals surface area contributed by atoms with Crippen LogP contribution >= 0.6 is 22.7 Å². The number of halogens is 1. The second kappa shape index (κ2) is 9.73. The van der Waals surface area contributed by atoms with Crippen molar-refractivity contribution in [3.63, 3.8) is 0 Å². The van der Waals surface area contributed by atoms with Crippen LogP contribution in [0.25, 0.3) is 62.6 Å². The van der Waals surface area contributed by atoms with Crippen molar-refractivity contribution in [3.8, 4) is 22.3 Å². The van der Waals surface area contributed by atoms with Crippen LogP contribution in [-0.2, 0) is 0 Å². The van der Waals surface area contributed by atoms with Gasteiger partial charge in [0.1, 0.15) is 0 Å². The molecule has 0 bridgehead atoms. The van der Waals surface area contributed by atoms with E-state index >= 15 is 0 Å². The van der Waals surface area contributed by atoms with Gasteiger partial charge >= 0.3 is 252 Å². The number of nitrogens with two attached hydrogens (primary N) is 1. The normalized spacial score (nSPS) is 11.8. The summed E-state index contributed by atoms with van der Waals surface area (Å²) in [7, 11) is 0. The summed E-state index contributed by atoms with van der Waals surface area (Å²) in [5.41, 5.74) is 12.2. The Kier molecular flexibility index (Phi) is 5.87. The molecule has 0 saturated carbocycles. The first-order valence-corrected chi connectivity index (χ1v) is 17.0. The Hall–Kier alpha value is -3.71. The molecule has 0 atom stereocenters. The number of fused-ring (bicyclic) bond motifs is 6. The summed E-state index contributed by atoms with van der Waals surface area (Å²) >= 11 is 3.37. The van der Waals surface area contributed by atoms with Crippen molar-refractivity contribution in [2.24, 2.45) is 0 Å². The number of nitrogen functional groups attached to an aromatic ring is 1. The topological polar surface area (TPSA) is 26.0 Å². The molecule has 0 unspecified atom stereocenters. The van der Waals surface area contributed by atoms with Crippen molar-refractivity contribution in [1.29, 1.82) is 0 Å². The molecule has 6 aromatic carbocycles. The summed E-state index contributed by atoms with van der Waals surface area (Å²) in [4.78, 5) is 0. The summed E-state index contributed by atoms with van der Waals surface area (Å²) in [6.07, 6.45) is 0. The average Bonchev–Trinajstić information content (AvgIpc) is 3.55. The van der Waals surface area contributed by atoms with Gasteiger partial charge in [0, 0.05) is 0 Å². The summed E-state index contributed by atoms with van der Waals surface area (Å²) in [6, 6.07) is 46.7. The molecule has 40 heavy (non-hydrogen) atoms. The number of anilines is 1. The molecule has 4 heteroatoms. The molecule has 0 radical (unpaired) electrons. The van der Waals surface area contributed by atoms with Gasteiger partial charge in [-0.3, -0.25) is 0 Å². The van der Waals surface area contributed by atoms with E-state index in [0.29, 0.717) is 0 Å². The first-order valence-electron chi connectivity index (χ1n) is 13.2. The molecule has 0 aliphatic carbocycles. The van der Waals surface area contributed by atoms with Gasteiger partial charge in [-0.2, -0.15) is 0 Å². The zero-order chi connectivity index (χ0) is 26.6. The first-order chi connectivity index (χ1) is 19.7. The fraction of sp³-hybridized carbons (Fsp3) is 0. The molecule has 0 amide bonds. The van der Waals surface area contributed by atoms with Crippen LogP contribution in [0.15, 0.2) is 127 Å². The second-order valence-corrected chi connectivity index (χ2v) is 15.1. The Morgan fingerprint density at radius 1 is 0.450 bits per heavy atom. The molecule has 0 aliphatic rings. The third kappa shape index (κ3) is 4.10. The molecule has 2 aromatic heterocycles. The Balaban J connectivity index is 1.29. The van der Waals surface area contributed by atoms with Crippen molar-refractivity contribution in [3.05, 3.63) is 135 Å². The Bertz CT molecular complexity index is 2190. The SMILES string of the molecule is Nc1ccc2c(c1)sc1cc([I-]c3ccc4sc5cccc(-c6ccccc6)c5c4c3)cc(-c3ccccc3)c12. The van der Waals surface area contributed by atoms with Crippen molar-refractivity contribution < 1.29 is 21.2 Å². The van der Waals surface area contributed by atoms with Gasteiger partial charge in [-0.15, -0.1) is 0 Å². The van der Waals surface area contributed by atoms with Crippen LogP contribution in [0.3, 0.4) is 0 Å². The number of rotatable bonds is 4.